The maximum Gasteiger partial charge on any atom is 0.416 e. The Morgan fingerprint density at radius 3 is 2.50 bits per heavy atom. The number of nitrogens with one attached hydrogen (secondary N) is 1. The SMILES string of the molecule is C=C(/C=C\[C@@H](C)O)N[C@@H]1C[C@H](C)[C@H](C/C=C(/C=C/[C@H]2OC(C)(C)C[C@@]3(CO3)[C@@H]2O)C(F)(F)F)O[C@@H]1C. The van der Waals surface area contributed by atoms with Crippen LogP contribution < -0.4 is 5.32 Å². The summed E-state index contributed by atoms with van der Waals surface area (Å²) in [7, 11) is 0. The lowest BCUT2D eigenvalue weighted by molar-refractivity contribution is -0.171. The number of rotatable bonds is 8. The van der Waals surface area contributed by atoms with Crippen molar-refractivity contribution in [1.82, 2.24) is 5.32 Å². The maximum atomic E-state index is 13.8. The summed E-state index contributed by atoms with van der Waals surface area (Å²) in [6.45, 7) is 13.5. The summed E-state index contributed by atoms with van der Waals surface area (Å²) < 4.78 is 58.8. The summed E-state index contributed by atoms with van der Waals surface area (Å²) in [5.41, 5.74) is -1.51. The van der Waals surface area contributed by atoms with Crippen molar-refractivity contribution < 1.29 is 37.6 Å². The van der Waals surface area contributed by atoms with Crippen LogP contribution in [0.5, 0.6) is 0 Å². The molecule has 204 valence electrons. The normalized spacial score (nSPS) is 38.0. The fraction of sp³-hybridized carbons (Fsp3) is 0.704. The average Bonchev–Trinajstić information content (AvgIpc) is 3.51. The van der Waals surface area contributed by atoms with E-state index in [9.17, 15) is 23.4 Å². The van der Waals surface area contributed by atoms with E-state index in [4.69, 9.17) is 14.2 Å². The largest absolute Gasteiger partial charge is 0.416 e. The lowest BCUT2D eigenvalue weighted by Crippen LogP contribution is -2.53. The van der Waals surface area contributed by atoms with Gasteiger partial charge >= 0.3 is 6.18 Å². The number of hydrogen-bond acceptors (Lipinski definition) is 6. The minimum absolute atomic E-state index is 0.0122. The topological polar surface area (TPSA) is 83.5 Å². The van der Waals surface area contributed by atoms with Crippen LogP contribution in [0.2, 0.25) is 0 Å². The molecule has 3 aliphatic heterocycles. The Labute approximate surface area is 211 Å². The van der Waals surface area contributed by atoms with Gasteiger partial charge < -0.3 is 29.7 Å². The molecule has 0 saturated carbocycles. The second-order valence-electron chi connectivity index (χ2n) is 11.0. The second kappa shape index (κ2) is 11.0. The molecule has 6 nitrogen and oxygen atoms in total. The minimum atomic E-state index is -4.55. The molecule has 3 rings (SSSR count). The van der Waals surface area contributed by atoms with E-state index >= 15 is 0 Å². The van der Waals surface area contributed by atoms with Gasteiger partial charge in [0.25, 0.3) is 0 Å². The summed E-state index contributed by atoms with van der Waals surface area (Å²) in [4.78, 5) is 0. The number of hydrogen-bond donors (Lipinski definition) is 3. The van der Waals surface area contributed by atoms with Gasteiger partial charge in [0, 0.05) is 12.1 Å². The van der Waals surface area contributed by atoms with E-state index < -0.39 is 41.3 Å². The highest BCUT2D eigenvalue weighted by Crippen LogP contribution is 2.46. The van der Waals surface area contributed by atoms with Gasteiger partial charge in [0.2, 0.25) is 0 Å². The maximum absolute atomic E-state index is 13.8. The van der Waals surface area contributed by atoms with Crippen molar-refractivity contribution in [2.75, 3.05) is 6.61 Å². The van der Waals surface area contributed by atoms with E-state index in [1.54, 1.807) is 19.1 Å². The third-order valence-electron chi connectivity index (χ3n) is 7.07. The number of aliphatic hydroxyl groups excluding tert-OH is 2. The number of halogens is 3. The number of alkyl halides is 3. The first-order valence-corrected chi connectivity index (χ1v) is 12.5. The van der Waals surface area contributed by atoms with Crippen molar-refractivity contribution in [2.24, 2.45) is 5.92 Å². The smallest absolute Gasteiger partial charge is 0.389 e. The van der Waals surface area contributed by atoms with Crippen LogP contribution in [-0.4, -0.2) is 70.8 Å². The number of ether oxygens (including phenoxy) is 3. The quantitative estimate of drug-likeness (QED) is 0.330. The van der Waals surface area contributed by atoms with E-state index in [1.807, 2.05) is 27.7 Å². The third-order valence-corrected chi connectivity index (χ3v) is 7.07. The Hall–Kier alpha value is -1.65. The molecular weight excluding hydrogens is 475 g/mol. The summed E-state index contributed by atoms with van der Waals surface area (Å²) in [6, 6.07) is -0.0429. The van der Waals surface area contributed by atoms with Crippen molar-refractivity contribution in [3.8, 4) is 0 Å². The lowest BCUT2D eigenvalue weighted by atomic mass is 9.83. The molecule has 0 aromatic rings. The highest BCUT2D eigenvalue weighted by molar-refractivity contribution is 5.27. The Morgan fingerprint density at radius 2 is 1.92 bits per heavy atom. The molecule has 0 unspecified atom stereocenters. The summed E-state index contributed by atoms with van der Waals surface area (Å²) >= 11 is 0. The van der Waals surface area contributed by atoms with E-state index in [1.165, 1.54) is 6.08 Å². The Bertz CT molecular complexity index is 875. The van der Waals surface area contributed by atoms with E-state index in [-0.39, 0.29) is 30.6 Å². The van der Waals surface area contributed by atoms with Crippen molar-refractivity contribution in [1.29, 1.82) is 0 Å². The highest BCUT2D eigenvalue weighted by atomic mass is 19.4. The summed E-state index contributed by atoms with van der Waals surface area (Å²) in [5.74, 6) is 0.0122. The van der Waals surface area contributed by atoms with Crippen LogP contribution in [0.1, 0.15) is 53.9 Å². The second-order valence-corrected chi connectivity index (χ2v) is 11.0. The molecule has 1 spiro atoms. The van der Waals surface area contributed by atoms with E-state index in [2.05, 4.69) is 11.9 Å². The van der Waals surface area contributed by atoms with E-state index in [0.29, 0.717) is 25.1 Å². The Kier molecular flexibility index (Phi) is 8.83. The van der Waals surface area contributed by atoms with Gasteiger partial charge in [0.05, 0.1) is 42.1 Å². The van der Waals surface area contributed by atoms with Crippen LogP contribution in [0.3, 0.4) is 0 Å². The van der Waals surface area contributed by atoms with Gasteiger partial charge in [0.1, 0.15) is 17.8 Å². The van der Waals surface area contributed by atoms with Gasteiger partial charge in [-0.3, -0.25) is 0 Å². The molecule has 0 radical (unpaired) electrons. The van der Waals surface area contributed by atoms with Crippen LogP contribution >= 0.6 is 0 Å². The molecule has 9 heteroatoms. The molecule has 0 aromatic heterocycles. The predicted molar refractivity (Wildman–Crippen MR) is 131 cm³/mol. The van der Waals surface area contributed by atoms with Crippen LogP contribution in [0.15, 0.2) is 48.2 Å². The highest BCUT2D eigenvalue weighted by Gasteiger charge is 2.60. The molecule has 8 atom stereocenters. The molecule has 3 heterocycles. The zero-order valence-electron chi connectivity index (χ0n) is 21.7. The fourth-order valence-electron chi connectivity index (χ4n) is 5.08. The van der Waals surface area contributed by atoms with Gasteiger partial charge in [-0.25, -0.2) is 0 Å². The van der Waals surface area contributed by atoms with Gasteiger partial charge in [-0.1, -0.05) is 37.8 Å². The van der Waals surface area contributed by atoms with Crippen molar-refractivity contribution >= 4 is 0 Å². The van der Waals surface area contributed by atoms with Crippen molar-refractivity contribution in [3.05, 3.63) is 48.2 Å². The van der Waals surface area contributed by atoms with Gasteiger partial charge in [-0.15, -0.1) is 0 Å². The zero-order chi connectivity index (χ0) is 26.9. The standard InChI is InChI=1S/C27H40F3NO5/c1-16-13-21(31-17(2)7-8-18(3)32)19(4)35-22(16)11-9-20(27(28,29)30)10-12-23-24(33)26(15-34-26)14-25(5,6)36-23/h7-10,12,16,18-19,21-24,31-33H,2,11,13-15H2,1,3-6H3/b8-7-,12-10+,20-9-/t16-,18+,19+,21+,22-,23+,24+,26+/m0/s1. The zero-order valence-corrected chi connectivity index (χ0v) is 21.7. The average molecular weight is 516 g/mol. The summed E-state index contributed by atoms with van der Waals surface area (Å²) in [5, 5.41) is 23.2. The summed E-state index contributed by atoms with van der Waals surface area (Å²) in [6.07, 6.45) is 0.390. The monoisotopic (exact) mass is 515 g/mol. The first-order chi connectivity index (χ1) is 16.6. The van der Waals surface area contributed by atoms with Crippen LogP contribution in [0.25, 0.3) is 0 Å². The molecule has 0 aromatic carbocycles. The van der Waals surface area contributed by atoms with Crippen molar-refractivity contribution in [2.45, 2.75) is 108 Å². The molecule has 0 amide bonds. The van der Waals surface area contributed by atoms with Gasteiger partial charge in [-0.2, -0.15) is 13.2 Å². The van der Waals surface area contributed by atoms with Crippen LogP contribution in [0.4, 0.5) is 13.2 Å². The molecular formula is C27H40F3NO5. The fourth-order valence-corrected chi connectivity index (χ4v) is 5.08. The molecule has 3 aliphatic rings. The van der Waals surface area contributed by atoms with Gasteiger partial charge in [-0.05, 0) is 52.5 Å². The molecule has 0 aliphatic carbocycles. The Morgan fingerprint density at radius 1 is 1.25 bits per heavy atom. The molecule has 3 fully saturated rings. The van der Waals surface area contributed by atoms with Gasteiger partial charge in [0.15, 0.2) is 0 Å². The molecule has 3 N–H and O–H groups in total. The first kappa shape index (κ1) is 28.9. The predicted octanol–water partition coefficient (Wildman–Crippen LogP) is 4.34. The number of allylic oxidation sites excluding steroid dienone is 3. The lowest BCUT2D eigenvalue weighted by Gasteiger charge is -2.41. The number of aliphatic hydroxyl groups is 2. The molecule has 0 bridgehead atoms. The van der Waals surface area contributed by atoms with Crippen LogP contribution in [0, 0.1) is 5.92 Å². The number of epoxide rings is 1. The molecule has 3 saturated heterocycles. The van der Waals surface area contributed by atoms with Crippen LogP contribution in [-0.2, 0) is 14.2 Å². The van der Waals surface area contributed by atoms with Crippen molar-refractivity contribution in [3.63, 3.8) is 0 Å². The van der Waals surface area contributed by atoms with E-state index in [0.717, 1.165) is 12.2 Å². The third kappa shape index (κ3) is 7.44. The minimum Gasteiger partial charge on any atom is -0.389 e. The Balaban J connectivity index is 1.65. The first-order valence-electron chi connectivity index (χ1n) is 12.5. The molecule has 36 heavy (non-hydrogen) atoms.